The summed E-state index contributed by atoms with van der Waals surface area (Å²) < 4.78 is 181. The maximum absolute atomic E-state index is 14.5. The lowest BCUT2D eigenvalue weighted by atomic mass is 9.70. The molecule has 1 rings (SSSR count). The standard InChI is InChI=1S/C16H22F11NO3S/c1-28(2,9-6-10-32(29,30)31)8-5-3-4-7-11(17)12(18,19)14(22,23)16(26,27)15(24,25)13(11,20)21/h3-10H2,1-2H3. The van der Waals surface area contributed by atoms with E-state index >= 15 is 0 Å². The Morgan fingerprint density at radius 3 is 1.41 bits per heavy atom. The molecule has 0 spiro atoms. The first-order valence-electron chi connectivity index (χ1n) is 9.25. The lowest BCUT2D eigenvalue weighted by molar-refractivity contribution is -0.890. The fourth-order valence-corrected chi connectivity index (χ4v) is 3.95. The van der Waals surface area contributed by atoms with Gasteiger partial charge in [-0.3, -0.25) is 0 Å². The largest absolute Gasteiger partial charge is 0.748 e. The van der Waals surface area contributed by atoms with Crippen LogP contribution in [0.5, 0.6) is 0 Å². The lowest BCUT2D eigenvalue weighted by Gasteiger charge is -2.52. The fraction of sp³-hybridized carbons (Fsp3) is 1.00. The number of hydrogen-bond acceptors (Lipinski definition) is 3. The molecule has 0 aromatic rings. The van der Waals surface area contributed by atoms with Crippen LogP contribution in [0.15, 0.2) is 0 Å². The second-order valence-electron chi connectivity index (χ2n) is 8.48. The zero-order chi connectivity index (χ0) is 25.7. The van der Waals surface area contributed by atoms with Crippen molar-refractivity contribution in [3.63, 3.8) is 0 Å². The minimum absolute atomic E-state index is 0.0466. The van der Waals surface area contributed by atoms with E-state index in [4.69, 9.17) is 0 Å². The molecule has 0 unspecified atom stereocenters. The zero-order valence-corrected chi connectivity index (χ0v) is 17.7. The molecule has 1 fully saturated rings. The van der Waals surface area contributed by atoms with Gasteiger partial charge in [0.05, 0.1) is 37.3 Å². The molecule has 0 bridgehead atoms. The van der Waals surface area contributed by atoms with Gasteiger partial charge in [-0.15, -0.1) is 0 Å². The average molecular weight is 517 g/mol. The Balaban J connectivity index is 2.87. The van der Waals surface area contributed by atoms with Crippen LogP contribution in [-0.2, 0) is 10.1 Å². The van der Waals surface area contributed by atoms with Crippen molar-refractivity contribution >= 4 is 10.1 Å². The second kappa shape index (κ2) is 8.40. The molecule has 16 heteroatoms. The first-order chi connectivity index (χ1) is 13.9. The van der Waals surface area contributed by atoms with Gasteiger partial charge >= 0.3 is 29.6 Å². The van der Waals surface area contributed by atoms with Crippen LogP contribution >= 0.6 is 0 Å². The highest BCUT2D eigenvalue weighted by Crippen LogP contribution is 2.70. The predicted molar refractivity (Wildman–Crippen MR) is 88.1 cm³/mol. The van der Waals surface area contributed by atoms with Gasteiger partial charge in [-0.1, -0.05) is 0 Å². The Morgan fingerprint density at radius 1 is 0.625 bits per heavy atom. The van der Waals surface area contributed by atoms with Gasteiger partial charge in [0.1, 0.15) is 0 Å². The number of hydrogen-bond donors (Lipinski definition) is 0. The smallest absolute Gasteiger partial charge is 0.384 e. The number of quaternary nitrogens is 1. The number of halogens is 11. The Kier molecular flexibility index (Phi) is 7.64. The van der Waals surface area contributed by atoms with Gasteiger partial charge in [-0.2, -0.15) is 43.9 Å². The van der Waals surface area contributed by atoms with E-state index in [1.807, 2.05) is 0 Å². The van der Waals surface area contributed by atoms with Crippen LogP contribution in [0.1, 0.15) is 32.1 Å². The molecule has 0 atom stereocenters. The Labute approximate surface area is 177 Å². The van der Waals surface area contributed by atoms with Crippen molar-refractivity contribution < 1.29 is 65.7 Å². The maximum Gasteiger partial charge on any atom is 0.384 e. The van der Waals surface area contributed by atoms with E-state index < -0.39 is 70.4 Å². The van der Waals surface area contributed by atoms with Crippen molar-refractivity contribution in [2.24, 2.45) is 0 Å². The van der Waals surface area contributed by atoms with Crippen LogP contribution in [0.3, 0.4) is 0 Å². The SMILES string of the molecule is C[N+](C)(CCCCCC1(F)C(F)(F)C(F)(F)C(F)(F)C(F)(F)C1(F)F)CCCS(=O)(=O)[O-]. The quantitative estimate of drug-likeness (QED) is 0.186. The predicted octanol–water partition coefficient (Wildman–Crippen LogP) is 4.46. The van der Waals surface area contributed by atoms with E-state index in [0.29, 0.717) is 0 Å². The molecule has 0 saturated heterocycles. The molecule has 0 aliphatic heterocycles. The van der Waals surface area contributed by atoms with E-state index in [0.717, 1.165) is 0 Å². The molecule has 0 radical (unpaired) electrons. The summed E-state index contributed by atoms with van der Waals surface area (Å²) in [5.74, 6) is -35.6. The van der Waals surface area contributed by atoms with E-state index in [1.165, 1.54) is 0 Å². The van der Waals surface area contributed by atoms with Gasteiger partial charge in [0.15, 0.2) is 0 Å². The van der Waals surface area contributed by atoms with Gasteiger partial charge in [0.25, 0.3) is 0 Å². The number of rotatable bonds is 10. The van der Waals surface area contributed by atoms with Crippen LogP contribution in [-0.4, -0.2) is 85.7 Å². The molecule has 4 nitrogen and oxygen atoms in total. The van der Waals surface area contributed by atoms with E-state index in [1.54, 1.807) is 14.1 Å². The Bertz CT molecular complexity index is 754. The topological polar surface area (TPSA) is 57.2 Å². The van der Waals surface area contributed by atoms with Crippen LogP contribution < -0.4 is 0 Å². The van der Waals surface area contributed by atoms with Crippen molar-refractivity contribution in [2.75, 3.05) is 32.9 Å². The molecule has 1 saturated carbocycles. The molecule has 1 aliphatic carbocycles. The zero-order valence-electron chi connectivity index (χ0n) is 16.9. The molecule has 0 heterocycles. The Morgan fingerprint density at radius 2 is 1.00 bits per heavy atom. The number of alkyl halides is 11. The van der Waals surface area contributed by atoms with Crippen LogP contribution in [0, 0.1) is 0 Å². The molecular weight excluding hydrogens is 495 g/mol. The number of unbranched alkanes of at least 4 members (excludes halogenated alkanes) is 2. The van der Waals surface area contributed by atoms with Crippen molar-refractivity contribution in [1.29, 1.82) is 0 Å². The monoisotopic (exact) mass is 517 g/mol. The summed E-state index contributed by atoms with van der Waals surface area (Å²) in [5, 5.41) is 0. The summed E-state index contributed by atoms with van der Waals surface area (Å²) >= 11 is 0. The molecule has 0 aromatic carbocycles. The third kappa shape index (κ3) is 4.55. The Hall–Kier alpha value is -0.900. The summed E-state index contributed by atoms with van der Waals surface area (Å²) in [6.45, 7) is 0.244. The van der Waals surface area contributed by atoms with Gasteiger partial charge in [-0.05, 0) is 25.7 Å². The third-order valence-electron chi connectivity index (χ3n) is 5.52. The minimum atomic E-state index is -7.21. The average Bonchev–Trinajstić information content (AvgIpc) is 2.57. The van der Waals surface area contributed by atoms with E-state index in [-0.39, 0.29) is 30.4 Å². The lowest BCUT2D eigenvalue weighted by Crippen LogP contribution is -2.83. The molecule has 0 aromatic heterocycles. The minimum Gasteiger partial charge on any atom is -0.748 e. The maximum atomic E-state index is 14.5. The van der Waals surface area contributed by atoms with Gasteiger partial charge in [-0.25, -0.2) is 12.8 Å². The molecular formula is C16H22F11NO3S. The first kappa shape index (κ1) is 29.1. The van der Waals surface area contributed by atoms with Crippen molar-refractivity contribution in [2.45, 2.75) is 67.4 Å². The van der Waals surface area contributed by atoms with Crippen molar-refractivity contribution in [3.05, 3.63) is 0 Å². The summed E-state index contributed by atoms with van der Waals surface area (Å²) in [4.78, 5) is 0. The molecule has 0 amide bonds. The summed E-state index contributed by atoms with van der Waals surface area (Å²) in [6.07, 6.45) is -3.77. The van der Waals surface area contributed by atoms with Gasteiger partial charge in [0, 0.05) is 12.2 Å². The van der Waals surface area contributed by atoms with E-state index in [9.17, 15) is 61.3 Å². The van der Waals surface area contributed by atoms with Crippen LogP contribution in [0.4, 0.5) is 48.3 Å². The third-order valence-corrected chi connectivity index (χ3v) is 6.30. The highest BCUT2D eigenvalue weighted by atomic mass is 32.2. The molecule has 0 N–H and O–H groups in total. The van der Waals surface area contributed by atoms with E-state index in [2.05, 4.69) is 0 Å². The van der Waals surface area contributed by atoms with Crippen molar-refractivity contribution in [3.8, 4) is 0 Å². The van der Waals surface area contributed by atoms with Gasteiger partial charge in [0.2, 0.25) is 5.67 Å². The summed E-state index contributed by atoms with van der Waals surface area (Å²) in [6, 6.07) is 0. The molecule has 32 heavy (non-hydrogen) atoms. The summed E-state index contributed by atoms with van der Waals surface area (Å²) in [7, 11) is -1.38. The highest BCUT2D eigenvalue weighted by Gasteiger charge is 3.00. The second-order valence-corrected chi connectivity index (χ2v) is 10.0. The normalized spacial score (nSPS) is 25.4. The van der Waals surface area contributed by atoms with Crippen LogP contribution in [0.2, 0.25) is 0 Å². The highest BCUT2D eigenvalue weighted by molar-refractivity contribution is 7.85. The van der Waals surface area contributed by atoms with Gasteiger partial charge < -0.3 is 9.04 Å². The van der Waals surface area contributed by atoms with Crippen LogP contribution in [0.25, 0.3) is 0 Å². The first-order valence-corrected chi connectivity index (χ1v) is 10.8. The molecule has 1 aliphatic rings. The summed E-state index contributed by atoms with van der Waals surface area (Å²) in [5.41, 5.74) is -5.94. The number of nitrogens with zero attached hydrogens (tertiary/aromatic N) is 1. The van der Waals surface area contributed by atoms with Crippen molar-refractivity contribution in [1.82, 2.24) is 0 Å². The molecule has 192 valence electrons. The fourth-order valence-electron chi connectivity index (χ4n) is 3.47.